The Balaban J connectivity index is 1.44. The molecule has 0 bridgehead atoms. The molecule has 1 unspecified atom stereocenters. The van der Waals surface area contributed by atoms with Gasteiger partial charge in [0, 0.05) is 18.8 Å². The van der Waals surface area contributed by atoms with Gasteiger partial charge >= 0.3 is 0 Å². The molecule has 0 saturated heterocycles. The number of nitrogens with one attached hydrogen (secondary N) is 1. The molecule has 27 heavy (non-hydrogen) atoms. The highest BCUT2D eigenvalue weighted by Gasteiger charge is 2.20. The Morgan fingerprint density at radius 2 is 1.96 bits per heavy atom. The Bertz CT molecular complexity index is 972. The predicted molar refractivity (Wildman–Crippen MR) is 105 cm³/mol. The van der Waals surface area contributed by atoms with Crippen molar-refractivity contribution in [3.8, 4) is 22.8 Å². The number of benzene rings is 2. The fourth-order valence-corrected chi connectivity index (χ4v) is 3.66. The molecule has 0 aliphatic carbocycles. The van der Waals surface area contributed by atoms with Crippen LogP contribution in [0.4, 0.5) is 5.69 Å². The summed E-state index contributed by atoms with van der Waals surface area (Å²) >= 11 is 1.42. The summed E-state index contributed by atoms with van der Waals surface area (Å²) in [6, 6.07) is 15.4. The van der Waals surface area contributed by atoms with Crippen LogP contribution in [0, 0.1) is 0 Å². The molecule has 1 aliphatic rings. The fraction of sp³-hybridized carbons (Fsp3) is 0.200. The number of carbonyl (C=O) groups is 1. The van der Waals surface area contributed by atoms with E-state index in [1.807, 2.05) is 55.1 Å². The number of hydrogen-bond donors (Lipinski definition) is 1. The van der Waals surface area contributed by atoms with Crippen molar-refractivity contribution in [2.24, 2.45) is 7.05 Å². The van der Waals surface area contributed by atoms with Crippen molar-refractivity contribution in [3.63, 3.8) is 0 Å². The molecule has 138 valence electrons. The zero-order valence-corrected chi connectivity index (χ0v) is 15.8. The fourth-order valence-electron chi connectivity index (χ4n) is 2.81. The second-order valence-electron chi connectivity index (χ2n) is 6.17. The number of carbonyl (C=O) groups excluding carboxylic acids is 1. The first-order valence-electron chi connectivity index (χ1n) is 8.56. The van der Waals surface area contributed by atoms with Crippen LogP contribution in [0.1, 0.15) is 6.92 Å². The molecule has 6 nitrogen and oxygen atoms in total. The lowest BCUT2D eigenvalue weighted by Gasteiger charge is -2.12. The number of fused-ring (bicyclic) bond motifs is 1. The molecule has 1 amide bonds. The van der Waals surface area contributed by atoms with E-state index < -0.39 is 0 Å². The average molecular weight is 381 g/mol. The Kier molecular flexibility index (Phi) is 4.77. The van der Waals surface area contributed by atoms with E-state index in [1.54, 1.807) is 18.2 Å². The topological polar surface area (TPSA) is 65.4 Å². The van der Waals surface area contributed by atoms with Crippen molar-refractivity contribution in [1.29, 1.82) is 0 Å². The average Bonchev–Trinajstić information content (AvgIpc) is 3.29. The number of aromatic nitrogens is 2. The van der Waals surface area contributed by atoms with Gasteiger partial charge in [0.05, 0.1) is 17.1 Å². The minimum atomic E-state index is -0.305. The molecular formula is C20H19N3O3S. The minimum Gasteiger partial charge on any atom is -0.454 e. The van der Waals surface area contributed by atoms with Crippen molar-refractivity contribution >= 4 is 23.4 Å². The van der Waals surface area contributed by atoms with Gasteiger partial charge < -0.3 is 19.4 Å². The smallest absolute Gasteiger partial charge is 0.237 e. The minimum absolute atomic E-state index is 0.0943. The molecule has 0 spiro atoms. The highest BCUT2D eigenvalue weighted by atomic mass is 32.2. The van der Waals surface area contributed by atoms with Gasteiger partial charge in [0.15, 0.2) is 16.7 Å². The van der Waals surface area contributed by atoms with Gasteiger partial charge in [-0.3, -0.25) is 4.79 Å². The zero-order valence-electron chi connectivity index (χ0n) is 15.0. The van der Waals surface area contributed by atoms with Crippen LogP contribution < -0.4 is 14.8 Å². The van der Waals surface area contributed by atoms with Crippen LogP contribution in [0.2, 0.25) is 0 Å². The maximum atomic E-state index is 12.6. The summed E-state index contributed by atoms with van der Waals surface area (Å²) in [5.74, 6) is 1.24. The first-order valence-corrected chi connectivity index (χ1v) is 9.44. The van der Waals surface area contributed by atoms with Gasteiger partial charge in [-0.1, -0.05) is 42.1 Å². The summed E-state index contributed by atoms with van der Waals surface area (Å²) in [5.41, 5.74) is 2.79. The monoisotopic (exact) mass is 381 g/mol. The number of hydrogen-bond acceptors (Lipinski definition) is 5. The number of ether oxygens (including phenoxy) is 2. The van der Waals surface area contributed by atoms with E-state index in [-0.39, 0.29) is 18.0 Å². The second-order valence-corrected chi connectivity index (χ2v) is 7.48. The first kappa shape index (κ1) is 17.5. The van der Waals surface area contributed by atoms with Crippen molar-refractivity contribution in [3.05, 3.63) is 54.7 Å². The molecule has 0 radical (unpaired) electrons. The third-order valence-corrected chi connectivity index (χ3v) is 5.46. The first-order chi connectivity index (χ1) is 13.1. The molecule has 2 aromatic carbocycles. The van der Waals surface area contributed by atoms with Crippen LogP contribution in [0.3, 0.4) is 0 Å². The zero-order chi connectivity index (χ0) is 18.8. The molecule has 0 saturated carbocycles. The quantitative estimate of drug-likeness (QED) is 0.678. The van der Waals surface area contributed by atoms with Gasteiger partial charge in [-0.25, -0.2) is 4.98 Å². The van der Waals surface area contributed by atoms with Crippen molar-refractivity contribution < 1.29 is 14.3 Å². The summed E-state index contributed by atoms with van der Waals surface area (Å²) in [4.78, 5) is 17.0. The van der Waals surface area contributed by atoms with Crippen LogP contribution in [-0.4, -0.2) is 27.5 Å². The van der Waals surface area contributed by atoms with Gasteiger partial charge in [-0.2, -0.15) is 0 Å². The molecule has 1 N–H and O–H groups in total. The molecule has 3 aromatic rings. The summed E-state index contributed by atoms with van der Waals surface area (Å²) in [6.45, 7) is 2.08. The van der Waals surface area contributed by atoms with E-state index in [1.165, 1.54) is 11.8 Å². The second kappa shape index (κ2) is 7.36. The largest absolute Gasteiger partial charge is 0.454 e. The van der Waals surface area contributed by atoms with Gasteiger partial charge in [0.25, 0.3) is 0 Å². The number of thioether (sulfide) groups is 1. The third kappa shape index (κ3) is 3.64. The van der Waals surface area contributed by atoms with Crippen molar-refractivity contribution in [2.45, 2.75) is 17.3 Å². The standard InChI is InChI=1S/C20H19N3O3S/c1-13(19(24)22-15-8-9-17-18(10-15)26-12-25-17)27-20-21-11-16(23(20)2)14-6-4-3-5-7-14/h3-11,13H,12H2,1-2H3,(H,22,24). The maximum absolute atomic E-state index is 12.6. The van der Waals surface area contributed by atoms with Crippen LogP contribution in [0.5, 0.6) is 11.5 Å². The van der Waals surface area contributed by atoms with Gasteiger partial charge in [-0.15, -0.1) is 0 Å². The van der Waals surface area contributed by atoms with Crippen LogP contribution in [-0.2, 0) is 11.8 Å². The number of anilines is 1. The van der Waals surface area contributed by atoms with E-state index in [0.29, 0.717) is 17.2 Å². The van der Waals surface area contributed by atoms with Crippen LogP contribution in [0.25, 0.3) is 11.3 Å². The SMILES string of the molecule is CC(Sc1ncc(-c2ccccc2)n1C)C(=O)Nc1ccc2c(c1)OCO2. The molecular weight excluding hydrogens is 362 g/mol. The normalized spacial score (nSPS) is 13.4. The van der Waals surface area contributed by atoms with E-state index in [0.717, 1.165) is 16.4 Å². The van der Waals surface area contributed by atoms with Crippen molar-refractivity contribution in [2.75, 3.05) is 12.1 Å². The van der Waals surface area contributed by atoms with Crippen molar-refractivity contribution in [1.82, 2.24) is 9.55 Å². The molecule has 2 heterocycles. The summed E-state index contributed by atoms with van der Waals surface area (Å²) in [7, 11) is 1.96. The van der Waals surface area contributed by atoms with E-state index in [4.69, 9.17) is 9.47 Å². The van der Waals surface area contributed by atoms with Crippen LogP contribution in [0.15, 0.2) is 59.9 Å². The summed E-state index contributed by atoms with van der Waals surface area (Å²) < 4.78 is 12.6. The molecule has 4 rings (SSSR count). The Morgan fingerprint density at radius 3 is 2.78 bits per heavy atom. The van der Waals surface area contributed by atoms with Gasteiger partial charge in [-0.05, 0) is 24.6 Å². The molecule has 7 heteroatoms. The molecule has 1 aromatic heterocycles. The Morgan fingerprint density at radius 1 is 1.19 bits per heavy atom. The lowest BCUT2D eigenvalue weighted by atomic mass is 10.2. The highest BCUT2D eigenvalue weighted by Crippen LogP contribution is 2.34. The Labute approximate surface area is 161 Å². The molecule has 0 fully saturated rings. The highest BCUT2D eigenvalue weighted by molar-refractivity contribution is 8.00. The maximum Gasteiger partial charge on any atom is 0.237 e. The number of imidazole rings is 1. The number of amides is 1. The molecule has 1 aliphatic heterocycles. The lowest BCUT2D eigenvalue weighted by Crippen LogP contribution is -2.22. The Hall–Kier alpha value is -2.93. The third-order valence-electron chi connectivity index (χ3n) is 4.31. The van der Waals surface area contributed by atoms with E-state index >= 15 is 0 Å². The van der Waals surface area contributed by atoms with Gasteiger partial charge in [0.2, 0.25) is 12.7 Å². The number of rotatable bonds is 5. The lowest BCUT2D eigenvalue weighted by molar-refractivity contribution is -0.115. The summed E-state index contributed by atoms with van der Waals surface area (Å²) in [6.07, 6.45) is 1.83. The summed E-state index contributed by atoms with van der Waals surface area (Å²) in [5, 5.41) is 3.41. The predicted octanol–water partition coefficient (Wildman–Crippen LogP) is 3.94. The van der Waals surface area contributed by atoms with E-state index in [9.17, 15) is 4.79 Å². The van der Waals surface area contributed by atoms with Gasteiger partial charge in [0.1, 0.15) is 0 Å². The van der Waals surface area contributed by atoms with Crippen LogP contribution >= 0.6 is 11.8 Å². The molecule has 1 atom stereocenters. The number of nitrogens with zero attached hydrogens (tertiary/aromatic N) is 2. The van der Waals surface area contributed by atoms with E-state index in [2.05, 4.69) is 10.3 Å².